The van der Waals surface area contributed by atoms with Crippen molar-refractivity contribution in [3.63, 3.8) is 0 Å². The van der Waals surface area contributed by atoms with Crippen molar-refractivity contribution in [1.29, 1.82) is 0 Å². The van der Waals surface area contributed by atoms with Crippen LogP contribution in [0, 0.1) is 5.92 Å². The normalized spacial score (nSPS) is 23.6. The Kier molecular flexibility index (Phi) is 4.53. The molecule has 1 saturated carbocycles. The van der Waals surface area contributed by atoms with Crippen LogP contribution in [0.3, 0.4) is 0 Å². The fraction of sp³-hybridized carbons (Fsp3) is 0.429. The Labute approximate surface area is 149 Å². The van der Waals surface area contributed by atoms with Crippen molar-refractivity contribution in [1.82, 2.24) is 15.2 Å². The van der Waals surface area contributed by atoms with Crippen LogP contribution in [0.4, 0.5) is 0 Å². The number of aromatic nitrogens is 1. The Bertz CT molecular complexity index is 746. The minimum absolute atomic E-state index is 0.124. The van der Waals surface area contributed by atoms with Crippen LogP contribution in [0.1, 0.15) is 36.0 Å². The van der Waals surface area contributed by atoms with Gasteiger partial charge in [-0.1, -0.05) is 30.3 Å². The summed E-state index contributed by atoms with van der Waals surface area (Å²) < 4.78 is 0. The molecule has 1 aliphatic heterocycles. The van der Waals surface area contributed by atoms with Gasteiger partial charge >= 0.3 is 0 Å². The number of nitrogens with one attached hydrogen (secondary N) is 1. The number of carbonyl (C=O) groups excluding carboxylic acids is 1. The molecular weight excluding hydrogens is 310 g/mol. The molecule has 0 radical (unpaired) electrons. The fourth-order valence-electron chi connectivity index (χ4n) is 3.85. The van der Waals surface area contributed by atoms with E-state index in [1.165, 1.54) is 16.7 Å². The van der Waals surface area contributed by atoms with Crippen molar-refractivity contribution in [3.8, 4) is 0 Å². The van der Waals surface area contributed by atoms with Gasteiger partial charge in [-0.2, -0.15) is 0 Å². The van der Waals surface area contributed by atoms with Crippen molar-refractivity contribution in [2.75, 3.05) is 13.1 Å². The molecule has 1 N–H and O–H groups in total. The number of fused-ring (bicyclic) bond motifs is 1. The molecular formula is C21H25N3O. The van der Waals surface area contributed by atoms with E-state index in [0.717, 1.165) is 32.5 Å². The summed E-state index contributed by atoms with van der Waals surface area (Å²) in [6, 6.07) is 13.0. The van der Waals surface area contributed by atoms with Gasteiger partial charge in [0.2, 0.25) is 5.91 Å². The molecule has 2 aliphatic rings. The summed E-state index contributed by atoms with van der Waals surface area (Å²) in [6.45, 7) is 4.97. The van der Waals surface area contributed by atoms with E-state index in [0.29, 0.717) is 12.0 Å². The summed E-state index contributed by atoms with van der Waals surface area (Å²) in [4.78, 5) is 19.0. The third kappa shape index (κ3) is 3.59. The van der Waals surface area contributed by atoms with Gasteiger partial charge in [-0.15, -0.1) is 0 Å². The SMILES string of the molecule is C[C@H](CNC(=O)[C@@H]1C[C@H]1c1cccnc1)N1CCc2ccccc2C1. The topological polar surface area (TPSA) is 45.2 Å². The lowest BCUT2D eigenvalue weighted by molar-refractivity contribution is -0.122. The number of hydrogen-bond acceptors (Lipinski definition) is 3. The van der Waals surface area contributed by atoms with E-state index in [4.69, 9.17) is 0 Å². The lowest BCUT2D eigenvalue weighted by atomic mass is 9.99. The number of amides is 1. The summed E-state index contributed by atoms with van der Waals surface area (Å²) in [5.41, 5.74) is 4.07. The Balaban J connectivity index is 1.27. The highest BCUT2D eigenvalue weighted by Gasteiger charge is 2.44. The average molecular weight is 335 g/mol. The van der Waals surface area contributed by atoms with E-state index in [9.17, 15) is 4.79 Å². The summed E-state index contributed by atoms with van der Waals surface area (Å²) in [6.07, 6.45) is 5.70. The molecule has 130 valence electrons. The Morgan fingerprint density at radius 1 is 1.28 bits per heavy atom. The molecule has 1 amide bonds. The van der Waals surface area contributed by atoms with Crippen LogP contribution < -0.4 is 5.32 Å². The molecule has 25 heavy (non-hydrogen) atoms. The highest BCUT2D eigenvalue weighted by Crippen LogP contribution is 2.47. The van der Waals surface area contributed by atoms with E-state index in [1.807, 2.05) is 12.3 Å². The van der Waals surface area contributed by atoms with E-state index < -0.39 is 0 Å². The molecule has 1 aromatic heterocycles. The van der Waals surface area contributed by atoms with Gasteiger partial charge in [0, 0.05) is 44.0 Å². The second-order valence-electron chi connectivity index (χ2n) is 7.32. The van der Waals surface area contributed by atoms with Gasteiger partial charge < -0.3 is 5.32 Å². The molecule has 0 spiro atoms. The molecule has 4 rings (SSSR count). The molecule has 1 fully saturated rings. The molecule has 2 heterocycles. The average Bonchev–Trinajstić information content (AvgIpc) is 3.47. The zero-order chi connectivity index (χ0) is 17.2. The van der Waals surface area contributed by atoms with Crippen molar-refractivity contribution in [2.45, 2.75) is 38.3 Å². The number of nitrogens with zero attached hydrogens (tertiary/aromatic N) is 2. The number of rotatable bonds is 5. The first kappa shape index (κ1) is 16.3. The second kappa shape index (κ2) is 6.96. The van der Waals surface area contributed by atoms with Gasteiger partial charge in [-0.3, -0.25) is 14.7 Å². The monoisotopic (exact) mass is 335 g/mol. The van der Waals surface area contributed by atoms with E-state index in [2.05, 4.69) is 52.5 Å². The van der Waals surface area contributed by atoms with Gasteiger partial charge in [-0.05, 0) is 48.4 Å². The van der Waals surface area contributed by atoms with Crippen LogP contribution in [0.25, 0.3) is 0 Å². The Morgan fingerprint density at radius 2 is 2.12 bits per heavy atom. The van der Waals surface area contributed by atoms with Crippen LogP contribution >= 0.6 is 0 Å². The third-order valence-corrected chi connectivity index (χ3v) is 5.60. The Morgan fingerprint density at radius 3 is 2.92 bits per heavy atom. The van der Waals surface area contributed by atoms with Crippen molar-refractivity contribution in [2.24, 2.45) is 5.92 Å². The number of benzene rings is 1. The summed E-state index contributed by atoms with van der Waals surface area (Å²) in [5, 5.41) is 3.16. The molecule has 3 atom stereocenters. The first-order valence-corrected chi connectivity index (χ1v) is 9.21. The van der Waals surface area contributed by atoms with E-state index >= 15 is 0 Å². The van der Waals surface area contributed by atoms with Crippen molar-refractivity contribution >= 4 is 5.91 Å². The van der Waals surface area contributed by atoms with Gasteiger partial charge in [0.25, 0.3) is 0 Å². The molecule has 1 aromatic carbocycles. The van der Waals surface area contributed by atoms with Crippen LogP contribution in [-0.2, 0) is 17.8 Å². The maximum Gasteiger partial charge on any atom is 0.223 e. The summed E-state index contributed by atoms with van der Waals surface area (Å²) in [5.74, 6) is 0.669. The quantitative estimate of drug-likeness (QED) is 0.914. The number of carbonyl (C=O) groups is 1. The second-order valence-corrected chi connectivity index (χ2v) is 7.32. The summed E-state index contributed by atoms with van der Waals surface area (Å²) in [7, 11) is 0. The van der Waals surface area contributed by atoms with Crippen LogP contribution in [-0.4, -0.2) is 34.9 Å². The predicted molar refractivity (Wildman–Crippen MR) is 98.1 cm³/mol. The standard InChI is InChI=1S/C21H25N3O/c1-15(24-10-8-16-5-2-3-6-18(16)14-24)12-23-21(25)20-11-19(20)17-7-4-9-22-13-17/h2-7,9,13,15,19-20H,8,10-12,14H2,1H3,(H,23,25)/t15-,19+,20-/m1/s1. The maximum atomic E-state index is 12.4. The first-order valence-electron chi connectivity index (χ1n) is 9.21. The molecule has 4 heteroatoms. The zero-order valence-electron chi connectivity index (χ0n) is 14.7. The number of pyridine rings is 1. The predicted octanol–water partition coefficient (Wildman–Crippen LogP) is 2.75. The van der Waals surface area contributed by atoms with Gasteiger partial charge in [0.05, 0.1) is 0 Å². The number of hydrogen-bond donors (Lipinski definition) is 1. The van der Waals surface area contributed by atoms with Crippen molar-refractivity contribution < 1.29 is 4.79 Å². The molecule has 2 aromatic rings. The van der Waals surface area contributed by atoms with E-state index in [-0.39, 0.29) is 11.8 Å². The molecule has 4 nitrogen and oxygen atoms in total. The first-order chi connectivity index (χ1) is 12.2. The van der Waals surface area contributed by atoms with Gasteiger partial charge in [0.1, 0.15) is 0 Å². The lowest BCUT2D eigenvalue weighted by Gasteiger charge is -2.33. The van der Waals surface area contributed by atoms with Gasteiger partial charge in [-0.25, -0.2) is 0 Å². The highest BCUT2D eigenvalue weighted by molar-refractivity contribution is 5.82. The van der Waals surface area contributed by atoms with Crippen LogP contribution in [0.5, 0.6) is 0 Å². The minimum Gasteiger partial charge on any atom is -0.354 e. The van der Waals surface area contributed by atoms with Crippen LogP contribution in [0.15, 0.2) is 48.8 Å². The minimum atomic E-state index is 0.124. The zero-order valence-corrected chi connectivity index (χ0v) is 14.7. The lowest BCUT2D eigenvalue weighted by Crippen LogP contribution is -2.44. The van der Waals surface area contributed by atoms with Crippen LogP contribution in [0.2, 0.25) is 0 Å². The highest BCUT2D eigenvalue weighted by atomic mass is 16.2. The maximum absolute atomic E-state index is 12.4. The molecule has 0 saturated heterocycles. The van der Waals surface area contributed by atoms with E-state index in [1.54, 1.807) is 6.20 Å². The fourth-order valence-corrected chi connectivity index (χ4v) is 3.85. The smallest absolute Gasteiger partial charge is 0.223 e. The van der Waals surface area contributed by atoms with Gasteiger partial charge in [0.15, 0.2) is 0 Å². The molecule has 1 aliphatic carbocycles. The molecule has 0 unspecified atom stereocenters. The third-order valence-electron chi connectivity index (χ3n) is 5.60. The van der Waals surface area contributed by atoms with Crippen molar-refractivity contribution in [3.05, 3.63) is 65.5 Å². The Hall–Kier alpha value is -2.20. The molecule has 0 bridgehead atoms. The summed E-state index contributed by atoms with van der Waals surface area (Å²) >= 11 is 0. The largest absolute Gasteiger partial charge is 0.354 e.